The summed E-state index contributed by atoms with van der Waals surface area (Å²) in [5.74, 6) is 0.917. The molecule has 2 rings (SSSR count). The lowest BCUT2D eigenvalue weighted by Crippen LogP contribution is -2.22. The lowest BCUT2D eigenvalue weighted by Gasteiger charge is -2.19. The molecule has 2 nitrogen and oxygen atoms in total. The molecule has 0 spiro atoms. The highest BCUT2D eigenvalue weighted by Gasteiger charge is 2.18. The molecule has 0 amide bonds. The van der Waals surface area contributed by atoms with E-state index in [1.807, 2.05) is 17.5 Å². The van der Waals surface area contributed by atoms with Crippen LogP contribution in [0, 0.1) is 6.92 Å². The Balaban J connectivity index is 2.36. The van der Waals surface area contributed by atoms with Crippen LogP contribution in [0.25, 0.3) is 0 Å². The molecule has 0 aliphatic rings. The van der Waals surface area contributed by atoms with Crippen molar-refractivity contribution in [1.29, 1.82) is 0 Å². The van der Waals surface area contributed by atoms with Crippen molar-refractivity contribution in [2.24, 2.45) is 0 Å². The SMILES string of the molecule is CCCNC(c1ccc(OC)c(C)c1)c1sccc1Cl. The highest BCUT2D eigenvalue weighted by Crippen LogP contribution is 2.34. The van der Waals surface area contributed by atoms with Gasteiger partial charge in [-0.25, -0.2) is 0 Å². The predicted octanol–water partition coefficient (Wildman–Crippen LogP) is 4.81. The average Bonchev–Trinajstić information content (AvgIpc) is 2.86. The smallest absolute Gasteiger partial charge is 0.121 e. The normalized spacial score (nSPS) is 12.4. The van der Waals surface area contributed by atoms with Gasteiger partial charge in [-0.2, -0.15) is 0 Å². The highest BCUT2D eigenvalue weighted by molar-refractivity contribution is 7.10. The maximum Gasteiger partial charge on any atom is 0.121 e. The van der Waals surface area contributed by atoms with Crippen molar-refractivity contribution in [3.05, 3.63) is 50.7 Å². The third-order valence-electron chi connectivity index (χ3n) is 3.26. The molecule has 0 radical (unpaired) electrons. The number of nitrogens with one attached hydrogen (secondary N) is 1. The monoisotopic (exact) mass is 309 g/mol. The quantitative estimate of drug-likeness (QED) is 0.827. The Morgan fingerprint density at radius 2 is 2.15 bits per heavy atom. The summed E-state index contributed by atoms with van der Waals surface area (Å²) in [4.78, 5) is 1.17. The van der Waals surface area contributed by atoms with Gasteiger partial charge in [0.1, 0.15) is 5.75 Å². The summed E-state index contributed by atoms with van der Waals surface area (Å²) >= 11 is 8.00. The van der Waals surface area contributed by atoms with E-state index in [2.05, 4.69) is 31.3 Å². The number of rotatable bonds is 6. The number of benzene rings is 1. The zero-order valence-corrected chi connectivity index (χ0v) is 13.6. The first-order chi connectivity index (χ1) is 9.67. The van der Waals surface area contributed by atoms with Crippen molar-refractivity contribution in [2.75, 3.05) is 13.7 Å². The molecule has 0 aliphatic carbocycles. The van der Waals surface area contributed by atoms with Gasteiger partial charge in [-0.3, -0.25) is 0 Å². The van der Waals surface area contributed by atoms with Crippen LogP contribution >= 0.6 is 22.9 Å². The van der Waals surface area contributed by atoms with E-state index in [0.29, 0.717) is 0 Å². The van der Waals surface area contributed by atoms with Crippen LogP contribution in [-0.4, -0.2) is 13.7 Å². The minimum absolute atomic E-state index is 0.145. The van der Waals surface area contributed by atoms with Crippen LogP contribution in [-0.2, 0) is 0 Å². The second kappa shape index (κ2) is 7.11. The topological polar surface area (TPSA) is 21.3 Å². The Morgan fingerprint density at radius 3 is 2.70 bits per heavy atom. The van der Waals surface area contributed by atoms with E-state index >= 15 is 0 Å². The number of methoxy groups -OCH3 is 1. The second-order valence-corrected chi connectivity index (χ2v) is 6.10. The van der Waals surface area contributed by atoms with Crippen molar-refractivity contribution >= 4 is 22.9 Å². The summed E-state index contributed by atoms with van der Waals surface area (Å²) in [6.45, 7) is 5.19. The fraction of sp³-hybridized carbons (Fsp3) is 0.375. The van der Waals surface area contributed by atoms with Crippen molar-refractivity contribution in [3.63, 3.8) is 0 Å². The zero-order valence-electron chi connectivity index (χ0n) is 12.1. The third-order valence-corrected chi connectivity index (χ3v) is 4.68. The Hall–Kier alpha value is -1.03. The van der Waals surface area contributed by atoms with Gasteiger partial charge in [0.25, 0.3) is 0 Å². The highest BCUT2D eigenvalue weighted by atomic mass is 35.5. The number of hydrogen-bond acceptors (Lipinski definition) is 3. The molecule has 1 aromatic heterocycles. The van der Waals surface area contributed by atoms with Crippen molar-refractivity contribution in [3.8, 4) is 5.75 Å². The summed E-state index contributed by atoms with van der Waals surface area (Å²) in [5.41, 5.74) is 2.36. The first-order valence-corrected chi connectivity index (χ1v) is 8.04. The number of ether oxygens (including phenoxy) is 1. The standard InChI is InChI=1S/C16H20ClNOS/c1-4-8-18-15(16-13(17)7-9-20-16)12-5-6-14(19-3)11(2)10-12/h5-7,9-10,15,18H,4,8H2,1-3H3. The molecule has 0 bridgehead atoms. The predicted molar refractivity (Wildman–Crippen MR) is 87.2 cm³/mol. The number of hydrogen-bond donors (Lipinski definition) is 1. The van der Waals surface area contributed by atoms with E-state index in [-0.39, 0.29) is 6.04 Å². The van der Waals surface area contributed by atoms with Gasteiger partial charge < -0.3 is 10.1 Å². The fourth-order valence-electron chi connectivity index (χ4n) is 2.24. The molecule has 0 fully saturated rings. The van der Waals surface area contributed by atoms with Crippen LogP contribution in [0.15, 0.2) is 29.6 Å². The van der Waals surface area contributed by atoms with Gasteiger partial charge in [0.15, 0.2) is 0 Å². The Morgan fingerprint density at radius 1 is 1.35 bits per heavy atom. The summed E-state index contributed by atoms with van der Waals surface area (Å²) in [6.07, 6.45) is 1.09. The molecular formula is C16H20ClNOS. The number of halogens is 1. The van der Waals surface area contributed by atoms with Crippen LogP contribution in [0.3, 0.4) is 0 Å². The van der Waals surface area contributed by atoms with Crippen molar-refractivity contribution in [1.82, 2.24) is 5.32 Å². The van der Waals surface area contributed by atoms with Gasteiger partial charge in [-0.05, 0) is 48.5 Å². The van der Waals surface area contributed by atoms with E-state index in [9.17, 15) is 0 Å². The summed E-state index contributed by atoms with van der Waals surface area (Å²) in [7, 11) is 1.70. The van der Waals surface area contributed by atoms with Crippen molar-refractivity contribution in [2.45, 2.75) is 26.3 Å². The Bertz CT molecular complexity index is 567. The van der Waals surface area contributed by atoms with E-state index < -0.39 is 0 Å². The van der Waals surface area contributed by atoms with Crippen LogP contribution in [0.1, 0.15) is 35.4 Å². The van der Waals surface area contributed by atoms with Crippen LogP contribution < -0.4 is 10.1 Å². The van der Waals surface area contributed by atoms with Gasteiger partial charge in [0, 0.05) is 4.88 Å². The van der Waals surface area contributed by atoms with Crippen molar-refractivity contribution < 1.29 is 4.74 Å². The van der Waals surface area contributed by atoms with Gasteiger partial charge in [-0.15, -0.1) is 11.3 Å². The van der Waals surface area contributed by atoms with Crippen LogP contribution in [0.4, 0.5) is 0 Å². The van der Waals surface area contributed by atoms with Gasteiger partial charge in [-0.1, -0.05) is 30.7 Å². The molecule has 1 atom stereocenters. The lowest BCUT2D eigenvalue weighted by molar-refractivity contribution is 0.411. The minimum Gasteiger partial charge on any atom is -0.496 e. The second-order valence-electron chi connectivity index (χ2n) is 4.75. The molecule has 2 aromatic rings. The van der Waals surface area contributed by atoms with E-state index in [1.54, 1.807) is 18.4 Å². The molecule has 1 N–H and O–H groups in total. The molecule has 0 saturated heterocycles. The number of thiophene rings is 1. The van der Waals surface area contributed by atoms with Gasteiger partial charge in [0.2, 0.25) is 0 Å². The largest absolute Gasteiger partial charge is 0.496 e. The molecule has 1 unspecified atom stereocenters. The summed E-state index contributed by atoms with van der Waals surface area (Å²) in [5, 5.41) is 6.45. The minimum atomic E-state index is 0.145. The molecule has 0 saturated carbocycles. The molecule has 4 heteroatoms. The van der Waals surface area contributed by atoms with E-state index in [0.717, 1.165) is 29.3 Å². The Labute approximate surface area is 129 Å². The molecule has 1 heterocycles. The molecule has 1 aromatic carbocycles. The number of aryl methyl sites for hydroxylation is 1. The molecular weight excluding hydrogens is 290 g/mol. The molecule has 108 valence electrons. The molecule has 20 heavy (non-hydrogen) atoms. The third kappa shape index (κ3) is 3.35. The summed E-state index contributed by atoms with van der Waals surface area (Å²) < 4.78 is 5.33. The zero-order chi connectivity index (χ0) is 14.5. The Kier molecular flexibility index (Phi) is 5.46. The van der Waals surface area contributed by atoms with Gasteiger partial charge >= 0.3 is 0 Å². The fourth-order valence-corrected chi connectivity index (χ4v) is 3.51. The van der Waals surface area contributed by atoms with Crippen LogP contribution in [0.5, 0.6) is 5.75 Å². The average molecular weight is 310 g/mol. The van der Waals surface area contributed by atoms with Gasteiger partial charge in [0.05, 0.1) is 18.2 Å². The van der Waals surface area contributed by atoms with E-state index in [1.165, 1.54) is 10.4 Å². The lowest BCUT2D eigenvalue weighted by atomic mass is 10.0. The maximum atomic E-state index is 6.31. The van der Waals surface area contributed by atoms with E-state index in [4.69, 9.17) is 16.3 Å². The maximum absolute atomic E-state index is 6.31. The first-order valence-electron chi connectivity index (χ1n) is 6.78. The summed E-state index contributed by atoms with van der Waals surface area (Å²) in [6, 6.07) is 8.40. The molecule has 0 aliphatic heterocycles. The van der Waals surface area contributed by atoms with Crippen LogP contribution in [0.2, 0.25) is 5.02 Å². The first kappa shape index (κ1) is 15.4.